The predicted octanol–water partition coefficient (Wildman–Crippen LogP) is 4.86. The summed E-state index contributed by atoms with van der Waals surface area (Å²) in [7, 11) is 1.37. The number of ether oxygens (including phenoxy) is 2. The van der Waals surface area contributed by atoms with E-state index >= 15 is 4.39 Å². The number of anilines is 1. The van der Waals surface area contributed by atoms with Gasteiger partial charge in [0, 0.05) is 29.4 Å². The van der Waals surface area contributed by atoms with Gasteiger partial charge >= 0.3 is 5.97 Å². The Morgan fingerprint density at radius 3 is 2.43 bits per heavy atom. The first-order chi connectivity index (χ1) is 19.6. The Hall–Kier alpha value is -4.81. The highest BCUT2D eigenvalue weighted by atomic mass is 35.5. The highest BCUT2D eigenvalue weighted by Gasteiger charge is 2.21. The number of aliphatic carboxylic acids is 1. The van der Waals surface area contributed by atoms with Crippen molar-refractivity contribution in [3.8, 4) is 17.2 Å². The second-order valence-electron chi connectivity index (χ2n) is 8.82. The molecule has 0 aliphatic carbocycles. The van der Waals surface area contributed by atoms with E-state index in [1.54, 1.807) is 0 Å². The molecule has 1 heterocycles. The van der Waals surface area contributed by atoms with Crippen LogP contribution in [0.1, 0.15) is 22.8 Å². The van der Waals surface area contributed by atoms with E-state index in [-0.39, 0.29) is 58.3 Å². The second kappa shape index (κ2) is 14.2. The zero-order chi connectivity index (χ0) is 29.5. The normalized spacial score (nSPS) is 11.0. The molecule has 0 aliphatic heterocycles. The Balaban J connectivity index is 0.00000484. The summed E-state index contributed by atoms with van der Waals surface area (Å²) in [6, 6.07) is 16.5. The van der Waals surface area contributed by atoms with Gasteiger partial charge in [-0.05, 0) is 49.0 Å². The van der Waals surface area contributed by atoms with E-state index in [9.17, 15) is 14.4 Å². The lowest BCUT2D eigenvalue weighted by Gasteiger charge is -2.15. The number of hydrogen-bond donors (Lipinski definition) is 4. The Bertz CT molecular complexity index is 1640. The van der Waals surface area contributed by atoms with E-state index < -0.39 is 23.7 Å². The van der Waals surface area contributed by atoms with Crippen molar-refractivity contribution >= 4 is 64.1 Å². The third kappa shape index (κ3) is 7.89. The number of carbonyl (C=O) groups excluding carboxylic acids is 2. The van der Waals surface area contributed by atoms with Crippen LogP contribution in [-0.2, 0) is 16.0 Å². The van der Waals surface area contributed by atoms with Crippen LogP contribution in [0.4, 0.5) is 10.1 Å². The summed E-state index contributed by atoms with van der Waals surface area (Å²) in [6.07, 6.45) is 1.59. The molecule has 1 atom stereocenters. The molecule has 4 N–H and O–H groups in total. The first-order valence-electron chi connectivity index (χ1n) is 12.3. The van der Waals surface area contributed by atoms with Gasteiger partial charge in [0.15, 0.2) is 16.7 Å². The standard InChI is InChI=1S/C29H25FN4O6S.ClH/c1-16(28(37)38)32-27(36)20-14-19-22(15-25(20)39-2)31-11-10-23(19)40-24-9-8-18(13-21(24)30)33-29(41)34-26(35)12-17-6-4-3-5-7-17;/h3-11,13-16H,12H2,1-2H3,(H,32,36)(H,37,38)(H2,33,34,35,41);1H. The molecule has 0 saturated heterocycles. The average molecular weight is 613 g/mol. The van der Waals surface area contributed by atoms with Crippen molar-refractivity contribution in [2.24, 2.45) is 0 Å². The van der Waals surface area contributed by atoms with Crippen LogP contribution in [0.5, 0.6) is 17.2 Å². The molecule has 0 fully saturated rings. The Kier molecular flexibility index (Phi) is 10.7. The fraction of sp³-hybridized carbons (Fsp3) is 0.138. The lowest BCUT2D eigenvalue weighted by atomic mass is 10.1. The zero-order valence-corrected chi connectivity index (χ0v) is 24.0. The summed E-state index contributed by atoms with van der Waals surface area (Å²) in [4.78, 5) is 40.4. The third-order valence-corrected chi connectivity index (χ3v) is 6.06. The van der Waals surface area contributed by atoms with Crippen LogP contribution in [0, 0.1) is 5.82 Å². The number of carboxylic acid groups (broad SMARTS) is 1. The molecule has 4 rings (SSSR count). The van der Waals surface area contributed by atoms with E-state index in [2.05, 4.69) is 20.9 Å². The van der Waals surface area contributed by atoms with Crippen LogP contribution in [0.2, 0.25) is 0 Å². The van der Waals surface area contributed by atoms with Gasteiger partial charge in [-0.2, -0.15) is 0 Å². The van der Waals surface area contributed by atoms with Crippen LogP contribution >= 0.6 is 24.6 Å². The van der Waals surface area contributed by atoms with Gasteiger partial charge in [0.05, 0.1) is 24.6 Å². The monoisotopic (exact) mass is 612 g/mol. The minimum atomic E-state index is -1.20. The summed E-state index contributed by atoms with van der Waals surface area (Å²) in [6.45, 7) is 1.33. The number of rotatable bonds is 9. The Morgan fingerprint density at radius 2 is 1.76 bits per heavy atom. The minimum absolute atomic E-state index is 0. The largest absolute Gasteiger partial charge is 0.496 e. The average Bonchev–Trinajstić information content (AvgIpc) is 2.94. The van der Waals surface area contributed by atoms with Gasteiger partial charge in [-0.3, -0.25) is 19.4 Å². The van der Waals surface area contributed by atoms with Gasteiger partial charge in [-0.25, -0.2) is 4.39 Å². The number of thiocarbonyl (C=S) groups is 1. The number of amides is 2. The van der Waals surface area contributed by atoms with Crippen molar-refractivity contribution in [1.82, 2.24) is 15.6 Å². The number of hydrogen-bond acceptors (Lipinski definition) is 7. The minimum Gasteiger partial charge on any atom is -0.496 e. The van der Waals surface area contributed by atoms with Gasteiger partial charge in [0.2, 0.25) is 5.91 Å². The second-order valence-corrected chi connectivity index (χ2v) is 9.23. The lowest BCUT2D eigenvalue weighted by Crippen LogP contribution is -2.38. The molecule has 10 nitrogen and oxygen atoms in total. The summed E-state index contributed by atoms with van der Waals surface area (Å²) < 4.78 is 26.2. The topological polar surface area (TPSA) is 139 Å². The number of pyridine rings is 1. The predicted molar refractivity (Wildman–Crippen MR) is 161 cm³/mol. The fourth-order valence-corrected chi connectivity index (χ4v) is 4.05. The smallest absolute Gasteiger partial charge is 0.325 e. The van der Waals surface area contributed by atoms with Crippen molar-refractivity contribution in [3.63, 3.8) is 0 Å². The molecule has 2 amide bonds. The molecule has 218 valence electrons. The maximum atomic E-state index is 15.0. The first-order valence-corrected chi connectivity index (χ1v) is 12.7. The van der Waals surface area contributed by atoms with Crippen molar-refractivity contribution in [2.75, 3.05) is 12.4 Å². The maximum absolute atomic E-state index is 15.0. The summed E-state index contributed by atoms with van der Waals surface area (Å²) in [5.74, 6) is -2.68. The number of nitrogens with one attached hydrogen (secondary N) is 3. The van der Waals surface area contributed by atoms with E-state index in [1.165, 1.54) is 50.6 Å². The molecular weight excluding hydrogens is 587 g/mol. The van der Waals surface area contributed by atoms with Crippen LogP contribution in [0.3, 0.4) is 0 Å². The highest BCUT2D eigenvalue weighted by Crippen LogP contribution is 2.34. The molecule has 0 saturated carbocycles. The van der Waals surface area contributed by atoms with E-state index in [4.69, 9.17) is 26.8 Å². The van der Waals surface area contributed by atoms with Gasteiger partial charge in [-0.1, -0.05) is 30.3 Å². The van der Waals surface area contributed by atoms with Crippen molar-refractivity contribution in [3.05, 3.63) is 89.9 Å². The number of halogens is 2. The molecule has 1 aromatic heterocycles. The molecular formula is C29H26ClFN4O6S. The Labute approximate surface area is 251 Å². The van der Waals surface area contributed by atoms with E-state index in [1.807, 2.05) is 30.3 Å². The molecule has 0 radical (unpaired) electrons. The van der Waals surface area contributed by atoms with Gasteiger partial charge in [-0.15, -0.1) is 12.4 Å². The Morgan fingerprint density at radius 1 is 1.02 bits per heavy atom. The molecule has 1 unspecified atom stereocenters. The molecule has 0 bridgehead atoms. The van der Waals surface area contributed by atoms with Crippen LogP contribution in [-0.4, -0.2) is 46.1 Å². The van der Waals surface area contributed by atoms with Crippen molar-refractivity contribution < 1.29 is 33.4 Å². The van der Waals surface area contributed by atoms with Crippen LogP contribution in [0.25, 0.3) is 10.9 Å². The van der Waals surface area contributed by atoms with E-state index in [0.717, 1.165) is 11.6 Å². The summed E-state index contributed by atoms with van der Waals surface area (Å²) >= 11 is 5.18. The zero-order valence-electron chi connectivity index (χ0n) is 22.3. The molecule has 3 aromatic carbocycles. The number of carbonyl (C=O) groups is 3. The lowest BCUT2D eigenvalue weighted by molar-refractivity contribution is -0.138. The quantitative estimate of drug-likeness (QED) is 0.195. The number of benzene rings is 3. The fourth-order valence-electron chi connectivity index (χ4n) is 3.81. The van der Waals surface area contributed by atoms with Gasteiger partial charge in [0.25, 0.3) is 5.91 Å². The number of fused-ring (bicyclic) bond motifs is 1. The number of carboxylic acids is 1. The maximum Gasteiger partial charge on any atom is 0.325 e. The van der Waals surface area contributed by atoms with Crippen molar-refractivity contribution in [1.29, 1.82) is 0 Å². The number of nitrogens with zero attached hydrogens (tertiary/aromatic N) is 1. The highest BCUT2D eigenvalue weighted by molar-refractivity contribution is 7.80. The molecule has 0 aliphatic rings. The molecule has 4 aromatic rings. The van der Waals surface area contributed by atoms with Gasteiger partial charge in [0.1, 0.15) is 17.5 Å². The number of methoxy groups -OCH3 is 1. The SMILES string of the molecule is COc1cc2nccc(Oc3ccc(NC(=S)NC(=O)Cc4ccccc4)cc3F)c2cc1C(=O)NC(C)C(=O)O.Cl. The van der Waals surface area contributed by atoms with Gasteiger partial charge < -0.3 is 30.5 Å². The molecule has 13 heteroatoms. The van der Waals surface area contributed by atoms with Crippen LogP contribution < -0.4 is 25.4 Å². The van der Waals surface area contributed by atoms with Crippen LogP contribution in [0.15, 0.2) is 72.9 Å². The summed E-state index contributed by atoms with van der Waals surface area (Å²) in [5.41, 5.74) is 1.56. The summed E-state index contributed by atoms with van der Waals surface area (Å²) in [5, 5.41) is 17.2. The van der Waals surface area contributed by atoms with E-state index in [0.29, 0.717) is 10.9 Å². The number of aromatic nitrogens is 1. The molecule has 0 spiro atoms. The van der Waals surface area contributed by atoms with Crippen molar-refractivity contribution in [2.45, 2.75) is 19.4 Å². The third-order valence-electron chi connectivity index (χ3n) is 5.86. The first kappa shape index (κ1) is 31.7. The molecule has 42 heavy (non-hydrogen) atoms.